The molecular weight excluding hydrogens is 330 g/mol. The Bertz CT molecular complexity index is 607. The molecule has 0 spiro atoms. The van der Waals surface area contributed by atoms with Gasteiger partial charge in [0.15, 0.2) is 0 Å². The van der Waals surface area contributed by atoms with Crippen LogP contribution in [0.15, 0.2) is 23.1 Å². The van der Waals surface area contributed by atoms with Crippen molar-refractivity contribution in [3.63, 3.8) is 0 Å². The number of rotatable bonds is 7. The van der Waals surface area contributed by atoms with Crippen molar-refractivity contribution in [2.24, 2.45) is 5.14 Å². The zero-order valence-electron chi connectivity index (χ0n) is 12.8. The number of ether oxygens (including phenoxy) is 1. The third-order valence-electron chi connectivity index (χ3n) is 2.87. The summed E-state index contributed by atoms with van der Waals surface area (Å²) in [6, 6.07) is 4.02. The summed E-state index contributed by atoms with van der Waals surface area (Å²) in [6.45, 7) is 5.11. The minimum absolute atomic E-state index is 0. The molecule has 1 rings (SSSR count). The third-order valence-corrected chi connectivity index (χ3v) is 3.78. The summed E-state index contributed by atoms with van der Waals surface area (Å²) in [5, 5.41) is 10.9. The fraction of sp³-hybridized carbons (Fsp3) is 0.462. The van der Waals surface area contributed by atoms with Gasteiger partial charge in [0, 0.05) is 12.6 Å². The second kappa shape index (κ2) is 8.94. The molecule has 0 aliphatic rings. The number of carbonyl (C=O) groups excluding carboxylic acids is 1. The minimum atomic E-state index is -3.87. The number of benzene rings is 1. The first-order chi connectivity index (χ1) is 9.79. The van der Waals surface area contributed by atoms with Crippen molar-refractivity contribution in [2.75, 3.05) is 20.2 Å². The monoisotopic (exact) mass is 351 g/mol. The molecule has 0 aromatic heterocycles. The maximum Gasteiger partial charge on any atom is 0.255 e. The van der Waals surface area contributed by atoms with E-state index < -0.39 is 15.9 Å². The molecule has 0 aliphatic heterocycles. The van der Waals surface area contributed by atoms with Crippen molar-refractivity contribution in [3.8, 4) is 5.75 Å². The Morgan fingerprint density at radius 1 is 1.41 bits per heavy atom. The lowest BCUT2D eigenvalue weighted by Gasteiger charge is -2.14. The van der Waals surface area contributed by atoms with E-state index in [4.69, 9.17) is 9.88 Å². The van der Waals surface area contributed by atoms with Crippen molar-refractivity contribution in [2.45, 2.75) is 24.8 Å². The number of hydrogen-bond acceptors (Lipinski definition) is 5. The summed E-state index contributed by atoms with van der Waals surface area (Å²) >= 11 is 0. The van der Waals surface area contributed by atoms with Gasteiger partial charge in [-0.1, -0.05) is 6.92 Å². The average Bonchev–Trinajstić information content (AvgIpc) is 2.43. The Hall–Kier alpha value is -1.35. The minimum Gasteiger partial charge on any atom is -0.496 e. The maximum atomic E-state index is 12.2. The summed E-state index contributed by atoms with van der Waals surface area (Å²) in [5.41, 5.74) is 0.132. The predicted octanol–water partition coefficient (Wildman–Crippen LogP) is 0.492. The van der Waals surface area contributed by atoms with Gasteiger partial charge in [-0.05, 0) is 31.7 Å². The van der Waals surface area contributed by atoms with Gasteiger partial charge >= 0.3 is 0 Å². The molecule has 22 heavy (non-hydrogen) atoms. The highest BCUT2D eigenvalue weighted by molar-refractivity contribution is 7.89. The molecule has 1 aromatic rings. The van der Waals surface area contributed by atoms with Crippen LogP contribution in [0, 0.1) is 0 Å². The highest BCUT2D eigenvalue weighted by atomic mass is 35.5. The fourth-order valence-corrected chi connectivity index (χ4v) is 2.34. The van der Waals surface area contributed by atoms with Gasteiger partial charge in [0.05, 0.1) is 17.6 Å². The lowest BCUT2D eigenvalue weighted by atomic mass is 10.2. The SMILES string of the molecule is CCN[C@H](C)CNC(=O)c1cc(S(N)(=O)=O)ccc1OC.Cl. The molecule has 4 N–H and O–H groups in total. The molecule has 0 radical (unpaired) electrons. The summed E-state index contributed by atoms with van der Waals surface area (Å²) in [6.07, 6.45) is 0. The number of primary sulfonamides is 1. The van der Waals surface area contributed by atoms with E-state index in [-0.39, 0.29) is 34.7 Å². The Kier molecular flexibility index (Phi) is 8.39. The molecule has 0 saturated carbocycles. The Morgan fingerprint density at radius 2 is 2.05 bits per heavy atom. The van der Waals surface area contributed by atoms with E-state index >= 15 is 0 Å². The van der Waals surface area contributed by atoms with Gasteiger partial charge in [-0.2, -0.15) is 0 Å². The van der Waals surface area contributed by atoms with Crippen LogP contribution in [0.1, 0.15) is 24.2 Å². The summed E-state index contributed by atoms with van der Waals surface area (Å²) in [4.78, 5) is 12.0. The number of amides is 1. The fourth-order valence-electron chi connectivity index (χ4n) is 1.80. The number of methoxy groups -OCH3 is 1. The number of sulfonamides is 1. The highest BCUT2D eigenvalue weighted by Crippen LogP contribution is 2.21. The maximum absolute atomic E-state index is 12.2. The highest BCUT2D eigenvalue weighted by Gasteiger charge is 2.17. The first-order valence-electron chi connectivity index (χ1n) is 6.52. The average molecular weight is 352 g/mol. The number of halogens is 1. The molecule has 0 unspecified atom stereocenters. The third kappa shape index (κ3) is 5.80. The van der Waals surface area contributed by atoms with Crippen LogP contribution in [-0.2, 0) is 10.0 Å². The van der Waals surface area contributed by atoms with Crippen LogP contribution < -0.4 is 20.5 Å². The standard InChI is InChI=1S/C13H21N3O4S.ClH/c1-4-15-9(2)8-16-13(17)11-7-10(21(14,18)19)5-6-12(11)20-3;/h5-7,9,15H,4,8H2,1-3H3,(H,16,17)(H2,14,18,19);1H/t9-;/m1./s1. The van der Waals surface area contributed by atoms with Gasteiger partial charge in [0.1, 0.15) is 5.75 Å². The van der Waals surface area contributed by atoms with Gasteiger partial charge in [-0.3, -0.25) is 4.79 Å². The van der Waals surface area contributed by atoms with Gasteiger partial charge in [0.25, 0.3) is 5.91 Å². The van der Waals surface area contributed by atoms with Crippen LogP contribution in [0.5, 0.6) is 5.75 Å². The van der Waals surface area contributed by atoms with E-state index in [2.05, 4.69) is 10.6 Å². The van der Waals surface area contributed by atoms with Crippen LogP contribution >= 0.6 is 12.4 Å². The number of hydrogen-bond donors (Lipinski definition) is 3. The van der Waals surface area contributed by atoms with Crippen molar-refractivity contribution in [1.82, 2.24) is 10.6 Å². The van der Waals surface area contributed by atoms with E-state index in [1.807, 2.05) is 13.8 Å². The van der Waals surface area contributed by atoms with Gasteiger partial charge in [0.2, 0.25) is 10.0 Å². The number of carbonyl (C=O) groups is 1. The van der Waals surface area contributed by atoms with Gasteiger partial charge in [-0.15, -0.1) is 12.4 Å². The van der Waals surface area contributed by atoms with Crippen molar-refractivity contribution in [1.29, 1.82) is 0 Å². The van der Waals surface area contributed by atoms with Crippen molar-refractivity contribution >= 4 is 28.3 Å². The van der Waals surface area contributed by atoms with Crippen molar-refractivity contribution < 1.29 is 17.9 Å². The Morgan fingerprint density at radius 3 is 2.55 bits per heavy atom. The molecule has 1 atom stereocenters. The van der Waals surface area contributed by atoms with E-state index in [1.165, 1.54) is 25.3 Å². The quantitative estimate of drug-likeness (QED) is 0.662. The zero-order chi connectivity index (χ0) is 16.0. The molecule has 0 bridgehead atoms. The van der Waals surface area contributed by atoms with Crippen LogP contribution in [0.3, 0.4) is 0 Å². The van der Waals surface area contributed by atoms with Crippen LogP contribution in [0.4, 0.5) is 0 Å². The van der Waals surface area contributed by atoms with Crippen LogP contribution in [0.25, 0.3) is 0 Å². The number of likely N-dealkylation sites (N-methyl/N-ethyl adjacent to an activating group) is 1. The molecule has 9 heteroatoms. The summed E-state index contributed by atoms with van der Waals surface area (Å²) < 4.78 is 27.8. The smallest absolute Gasteiger partial charge is 0.255 e. The molecule has 0 fully saturated rings. The Labute approximate surface area is 137 Å². The van der Waals surface area contributed by atoms with E-state index in [0.717, 1.165) is 6.54 Å². The predicted molar refractivity (Wildman–Crippen MR) is 87.1 cm³/mol. The van der Waals surface area contributed by atoms with E-state index in [9.17, 15) is 13.2 Å². The van der Waals surface area contributed by atoms with E-state index in [1.54, 1.807) is 0 Å². The first kappa shape index (κ1) is 20.6. The zero-order valence-corrected chi connectivity index (χ0v) is 14.4. The van der Waals surface area contributed by atoms with Gasteiger partial charge in [-0.25, -0.2) is 13.6 Å². The summed E-state index contributed by atoms with van der Waals surface area (Å²) in [5.74, 6) is -0.127. The molecule has 0 aliphatic carbocycles. The largest absolute Gasteiger partial charge is 0.496 e. The molecule has 0 saturated heterocycles. The molecule has 1 amide bonds. The molecular formula is C13H22ClN3O4S. The first-order valence-corrected chi connectivity index (χ1v) is 8.06. The molecule has 126 valence electrons. The number of nitrogens with one attached hydrogen (secondary N) is 2. The van der Waals surface area contributed by atoms with Crippen LogP contribution in [-0.4, -0.2) is 40.6 Å². The second-order valence-corrected chi connectivity index (χ2v) is 6.14. The van der Waals surface area contributed by atoms with Crippen molar-refractivity contribution in [3.05, 3.63) is 23.8 Å². The topological polar surface area (TPSA) is 111 Å². The molecule has 0 heterocycles. The molecule has 7 nitrogen and oxygen atoms in total. The van der Waals surface area contributed by atoms with Crippen LogP contribution in [0.2, 0.25) is 0 Å². The second-order valence-electron chi connectivity index (χ2n) is 4.58. The lowest BCUT2D eigenvalue weighted by Crippen LogP contribution is -2.38. The normalized spacial score (nSPS) is 12.2. The Balaban J connectivity index is 0.00000441. The number of nitrogens with two attached hydrogens (primary N) is 1. The van der Waals surface area contributed by atoms with Gasteiger partial charge < -0.3 is 15.4 Å². The summed E-state index contributed by atoms with van der Waals surface area (Å²) in [7, 11) is -2.46. The van der Waals surface area contributed by atoms with E-state index in [0.29, 0.717) is 6.54 Å². The molecule has 1 aromatic carbocycles. The lowest BCUT2D eigenvalue weighted by molar-refractivity contribution is 0.0947.